The highest BCUT2D eigenvalue weighted by Crippen LogP contribution is 2.49. The van der Waals surface area contributed by atoms with Crippen LogP contribution in [0.4, 0.5) is 0 Å². The normalized spacial score (nSPS) is 19.2. The summed E-state index contributed by atoms with van der Waals surface area (Å²) in [4.78, 5) is 13.8. The smallest absolute Gasteiger partial charge is 0.303 e. The van der Waals surface area contributed by atoms with Crippen molar-refractivity contribution in [1.29, 1.82) is 0 Å². The van der Waals surface area contributed by atoms with Crippen LogP contribution in [0, 0.1) is 16.7 Å². The van der Waals surface area contributed by atoms with Crippen LogP contribution in [0.5, 0.6) is 0 Å². The standard InChI is InChI=1S/C16H25BrO2S/c1-10(18)19-14(17)11-8-12(15(2,3)4)20-13(9-11)16(5,6)7/h8-9,11,14H,1-7H3. The third-order valence-corrected chi connectivity index (χ3v) is 5.70. The van der Waals surface area contributed by atoms with Crippen molar-refractivity contribution in [2.45, 2.75) is 53.5 Å². The minimum absolute atomic E-state index is 0.0728. The molecule has 0 saturated carbocycles. The number of hydrogen-bond donors (Lipinski definition) is 0. The van der Waals surface area contributed by atoms with Crippen LogP contribution in [-0.4, -0.2) is 11.0 Å². The van der Waals surface area contributed by atoms with Gasteiger partial charge in [0.05, 0.1) is 0 Å². The van der Waals surface area contributed by atoms with Gasteiger partial charge in [-0.25, -0.2) is 0 Å². The van der Waals surface area contributed by atoms with E-state index in [0.717, 1.165) is 0 Å². The molecule has 0 aromatic rings. The Kier molecular flexibility index (Phi) is 5.59. The Morgan fingerprint density at radius 2 is 1.55 bits per heavy atom. The molecule has 0 radical (unpaired) electrons. The highest BCUT2D eigenvalue weighted by atomic mass is 79.9. The first-order valence-corrected chi connectivity index (χ1v) is 8.58. The molecule has 1 atom stereocenters. The molecule has 0 aromatic heterocycles. The van der Waals surface area contributed by atoms with Gasteiger partial charge >= 0.3 is 5.97 Å². The van der Waals surface area contributed by atoms with Crippen LogP contribution in [-0.2, 0) is 9.53 Å². The summed E-state index contributed by atoms with van der Waals surface area (Å²) in [5.74, 6) is -0.190. The third kappa shape index (κ3) is 4.96. The van der Waals surface area contributed by atoms with Crippen LogP contribution in [0.3, 0.4) is 0 Å². The van der Waals surface area contributed by atoms with Gasteiger partial charge in [-0.15, -0.1) is 0 Å². The number of ether oxygens (including phenoxy) is 1. The van der Waals surface area contributed by atoms with E-state index in [2.05, 4.69) is 69.6 Å². The summed E-state index contributed by atoms with van der Waals surface area (Å²) < 4.78 is 5.29. The summed E-state index contributed by atoms with van der Waals surface area (Å²) in [5.41, 5.74) is 0.188. The van der Waals surface area contributed by atoms with Gasteiger partial charge in [0.2, 0.25) is 0 Å². The monoisotopic (exact) mass is 360 g/mol. The van der Waals surface area contributed by atoms with Gasteiger partial charge in [0.15, 0.2) is 5.01 Å². The van der Waals surface area contributed by atoms with E-state index in [1.54, 1.807) is 0 Å². The summed E-state index contributed by atoms with van der Waals surface area (Å²) >= 11 is 5.33. The fraction of sp³-hybridized carbons (Fsp3) is 0.688. The predicted octanol–water partition coefficient (Wildman–Crippen LogP) is 5.49. The van der Waals surface area contributed by atoms with Gasteiger partial charge in [0.25, 0.3) is 0 Å². The van der Waals surface area contributed by atoms with E-state index in [9.17, 15) is 4.79 Å². The fourth-order valence-electron chi connectivity index (χ4n) is 1.78. The van der Waals surface area contributed by atoms with Crippen molar-refractivity contribution in [3.63, 3.8) is 0 Å². The summed E-state index contributed by atoms with van der Waals surface area (Å²) in [6.45, 7) is 14.7. The summed E-state index contributed by atoms with van der Waals surface area (Å²) in [7, 11) is 0. The topological polar surface area (TPSA) is 26.3 Å². The molecule has 114 valence electrons. The zero-order chi connectivity index (χ0) is 15.7. The lowest BCUT2D eigenvalue weighted by molar-refractivity contribution is -0.142. The minimum atomic E-state index is -0.310. The Morgan fingerprint density at radius 1 is 1.15 bits per heavy atom. The molecule has 0 spiro atoms. The van der Waals surface area contributed by atoms with Crippen molar-refractivity contribution in [3.8, 4) is 0 Å². The molecule has 4 heteroatoms. The van der Waals surface area contributed by atoms with Crippen LogP contribution in [0.25, 0.3) is 0 Å². The Balaban J connectivity index is 3.10. The zero-order valence-electron chi connectivity index (χ0n) is 13.4. The van der Waals surface area contributed by atoms with E-state index in [4.69, 9.17) is 4.74 Å². The van der Waals surface area contributed by atoms with Crippen molar-refractivity contribution in [2.24, 2.45) is 16.7 Å². The largest absolute Gasteiger partial charge is 0.450 e. The molecular formula is C16H25BrO2S. The van der Waals surface area contributed by atoms with E-state index in [0.29, 0.717) is 0 Å². The molecule has 20 heavy (non-hydrogen) atoms. The van der Waals surface area contributed by atoms with Crippen molar-refractivity contribution in [3.05, 3.63) is 22.0 Å². The zero-order valence-corrected chi connectivity index (χ0v) is 15.8. The lowest BCUT2D eigenvalue weighted by Crippen LogP contribution is -2.23. The molecule has 0 bridgehead atoms. The van der Waals surface area contributed by atoms with Crippen molar-refractivity contribution in [1.82, 2.24) is 0 Å². The second-order valence-corrected chi connectivity index (χ2v) is 9.19. The molecule has 1 aliphatic rings. The average molecular weight is 361 g/mol. The molecule has 0 aromatic carbocycles. The minimum Gasteiger partial charge on any atom is -0.450 e. The Bertz CT molecular complexity index is 408. The number of carbonyl (C=O) groups excluding carboxylic acids is 1. The lowest BCUT2D eigenvalue weighted by atomic mass is 9.90. The second kappa shape index (κ2) is 6.27. The molecule has 1 unspecified atom stereocenters. The third-order valence-electron chi connectivity index (χ3n) is 2.97. The Hall–Kier alpha value is -0.220. The van der Waals surface area contributed by atoms with Gasteiger partial charge in [0, 0.05) is 12.8 Å². The van der Waals surface area contributed by atoms with Crippen LogP contribution < -0.4 is 0 Å². The summed E-state index contributed by atoms with van der Waals surface area (Å²) in [6.07, 6.45) is 4.42. The fourth-order valence-corrected chi connectivity index (χ4v) is 3.65. The van der Waals surface area contributed by atoms with Gasteiger partial charge in [-0.05, 0) is 36.6 Å². The first-order valence-electron chi connectivity index (χ1n) is 6.85. The number of carbonyl (C=O) groups is 1. The molecule has 0 saturated heterocycles. The number of esters is 1. The van der Waals surface area contributed by atoms with Crippen LogP contribution in [0.2, 0.25) is 0 Å². The van der Waals surface area contributed by atoms with E-state index in [-0.39, 0.29) is 27.7 Å². The first kappa shape index (κ1) is 17.8. The Labute approximate surface area is 135 Å². The Morgan fingerprint density at radius 3 is 1.85 bits per heavy atom. The number of alkyl halides is 1. The predicted molar refractivity (Wildman–Crippen MR) is 90.6 cm³/mol. The number of rotatable bonds is 2. The first-order chi connectivity index (χ1) is 8.91. The number of allylic oxidation sites excluding steroid dienone is 2. The van der Waals surface area contributed by atoms with Gasteiger partial charge in [0.1, 0.15) is 0 Å². The van der Waals surface area contributed by atoms with E-state index in [1.807, 2.05) is 11.8 Å². The van der Waals surface area contributed by atoms with Crippen LogP contribution in [0.15, 0.2) is 22.0 Å². The molecule has 1 aliphatic heterocycles. The average Bonchev–Trinajstić information content (AvgIpc) is 2.25. The van der Waals surface area contributed by atoms with Crippen molar-refractivity contribution < 1.29 is 9.53 Å². The SMILES string of the molecule is CC(=O)OC(Br)C1C=C(C(C)(C)C)SC(C(C)(C)C)=C1. The quantitative estimate of drug-likeness (QED) is 0.480. The molecule has 1 heterocycles. The molecule has 0 amide bonds. The van der Waals surface area contributed by atoms with Gasteiger partial charge in [-0.2, -0.15) is 0 Å². The maximum Gasteiger partial charge on any atom is 0.303 e. The molecule has 1 rings (SSSR count). The number of thioether (sulfide) groups is 1. The molecule has 0 aliphatic carbocycles. The van der Waals surface area contributed by atoms with Crippen molar-refractivity contribution >= 4 is 33.7 Å². The van der Waals surface area contributed by atoms with Gasteiger partial charge in [-0.3, -0.25) is 4.79 Å². The van der Waals surface area contributed by atoms with Crippen molar-refractivity contribution in [2.75, 3.05) is 0 Å². The van der Waals surface area contributed by atoms with E-state index < -0.39 is 0 Å². The maximum absolute atomic E-state index is 11.2. The summed E-state index contributed by atoms with van der Waals surface area (Å²) in [5, 5.41) is -0.310. The molecule has 0 fully saturated rings. The lowest BCUT2D eigenvalue weighted by Gasteiger charge is -2.34. The van der Waals surface area contributed by atoms with E-state index >= 15 is 0 Å². The molecular weight excluding hydrogens is 336 g/mol. The maximum atomic E-state index is 11.2. The van der Waals surface area contributed by atoms with Crippen LogP contribution >= 0.6 is 27.7 Å². The van der Waals surface area contributed by atoms with Gasteiger partial charge in [-0.1, -0.05) is 65.5 Å². The highest BCUT2D eigenvalue weighted by Gasteiger charge is 2.32. The highest BCUT2D eigenvalue weighted by molar-refractivity contribution is 9.09. The van der Waals surface area contributed by atoms with E-state index in [1.165, 1.54) is 16.7 Å². The number of halogens is 1. The van der Waals surface area contributed by atoms with Crippen LogP contribution in [0.1, 0.15) is 48.5 Å². The second-order valence-electron chi connectivity index (χ2n) is 7.20. The summed E-state index contributed by atoms with van der Waals surface area (Å²) in [6, 6.07) is 0. The number of hydrogen-bond acceptors (Lipinski definition) is 3. The molecule has 0 N–H and O–H groups in total. The van der Waals surface area contributed by atoms with Gasteiger partial charge < -0.3 is 4.74 Å². The molecule has 2 nitrogen and oxygen atoms in total.